The Balaban J connectivity index is 2.06. The summed E-state index contributed by atoms with van der Waals surface area (Å²) in [6.45, 7) is 0. The first-order valence-electron chi connectivity index (χ1n) is 6.72. The van der Waals surface area contributed by atoms with Crippen LogP contribution in [0.5, 0.6) is 0 Å². The number of aromatic nitrogens is 1. The maximum Gasteiger partial charge on any atom is 0.184 e. The highest BCUT2D eigenvalue weighted by atomic mass is 32.2. The fourth-order valence-electron chi connectivity index (χ4n) is 2.38. The molecule has 3 rings (SSSR count). The van der Waals surface area contributed by atoms with Crippen molar-refractivity contribution < 1.29 is 13.2 Å². The number of fused-ring (bicyclic) bond motifs is 1. The second-order valence-corrected chi connectivity index (χ2v) is 6.87. The molecular weight excluding hydrogens is 298 g/mol. The highest BCUT2D eigenvalue weighted by Gasteiger charge is 2.19. The molecule has 0 aliphatic heterocycles. The summed E-state index contributed by atoms with van der Waals surface area (Å²) in [5, 5.41) is 1.56. The fourth-order valence-corrected chi connectivity index (χ4v) is 3.90. The van der Waals surface area contributed by atoms with Gasteiger partial charge >= 0.3 is 0 Å². The maximum absolute atomic E-state index is 12.7. The van der Waals surface area contributed by atoms with E-state index in [-0.39, 0.29) is 16.3 Å². The van der Waals surface area contributed by atoms with Gasteiger partial charge < -0.3 is 0 Å². The van der Waals surface area contributed by atoms with E-state index < -0.39 is 9.84 Å². The van der Waals surface area contributed by atoms with Crippen molar-refractivity contribution in [2.75, 3.05) is 0 Å². The summed E-state index contributed by atoms with van der Waals surface area (Å²) in [7, 11) is -3.54. The van der Waals surface area contributed by atoms with Gasteiger partial charge in [-0.2, -0.15) is 0 Å². The van der Waals surface area contributed by atoms with E-state index in [0.717, 1.165) is 5.39 Å². The van der Waals surface area contributed by atoms with Crippen LogP contribution in [0.1, 0.15) is 16.2 Å². The van der Waals surface area contributed by atoms with Gasteiger partial charge in [0.1, 0.15) is 5.69 Å². The molecular formula is C17H13NO3S. The Hall–Kier alpha value is -2.53. The summed E-state index contributed by atoms with van der Waals surface area (Å²) in [5.41, 5.74) is 0.586. The van der Waals surface area contributed by atoms with Gasteiger partial charge in [0.2, 0.25) is 0 Å². The summed E-state index contributed by atoms with van der Waals surface area (Å²) >= 11 is 0. The van der Waals surface area contributed by atoms with E-state index in [2.05, 4.69) is 4.98 Å². The molecule has 110 valence electrons. The smallest absolute Gasteiger partial charge is 0.184 e. The van der Waals surface area contributed by atoms with Gasteiger partial charge in [0.15, 0.2) is 16.1 Å². The summed E-state index contributed by atoms with van der Waals surface area (Å²) in [6.07, 6.45) is 0.605. The third-order valence-corrected chi connectivity index (χ3v) is 5.07. The molecule has 0 saturated carbocycles. The number of nitrogens with zero attached hydrogens (tertiary/aromatic N) is 1. The average Bonchev–Trinajstić information content (AvgIpc) is 2.54. The second-order valence-electron chi connectivity index (χ2n) is 4.91. The minimum atomic E-state index is -3.54. The molecule has 3 aromatic rings. The van der Waals surface area contributed by atoms with Gasteiger partial charge in [-0.1, -0.05) is 42.5 Å². The van der Waals surface area contributed by atoms with E-state index in [1.807, 2.05) is 24.3 Å². The molecule has 5 heteroatoms. The first kappa shape index (κ1) is 14.4. The second kappa shape index (κ2) is 5.69. The largest absolute Gasteiger partial charge is 0.296 e. The third-order valence-electron chi connectivity index (χ3n) is 3.37. The molecule has 0 aliphatic carbocycles. The van der Waals surface area contributed by atoms with Crippen molar-refractivity contribution in [2.45, 2.75) is 10.6 Å². The minimum Gasteiger partial charge on any atom is -0.296 e. The van der Waals surface area contributed by atoms with Gasteiger partial charge in [-0.15, -0.1) is 0 Å². The number of rotatable bonds is 4. The lowest BCUT2D eigenvalue weighted by atomic mass is 10.1. The predicted octanol–water partition coefficient (Wildman–Crippen LogP) is 3.02. The molecule has 0 unspecified atom stereocenters. The molecule has 0 amide bonds. The quantitative estimate of drug-likeness (QED) is 0.695. The number of pyridine rings is 1. The lowest BCUT2D eigenvalue weighted by Crippen LogP contribution is -2.07. The summed E-state index contributed by atoms with van der Waals surface area (Å²) in [5.74, 6) is -0.233. The Morgan fingerprint density at radius 2 is 1.64 bits per heavy atom. The normalized spacial score (nSPS) is 11.5. The van der Waals surface area contributed by atoms with Crippen LogP contribution < -0.4 is 0 Å². The van der Waals surface area contributed by atoms with E-state index in [9.17, 15) is 13.2 Å². The van der Waals surface area contributed by atoms with E-state index in [1.165, 1.54) is 0 Å². The van der Waals surface area contributed by atoms with Crippen molar-refractivity contribution in [1.82, 2.24) is 4.98 Å². The van der Waals surface area contributed by atoms with Crippen LogP contribution in [0.4, 0.5) is 0 Å². The van der Waals surface area contributed by atoms with Gasteiger partial charge in [0.25, 0.3) is 0 Å². The summed E-state index contributed by atoms with van der Waals surface area (Å²) in [4.78, 5) is 15.1. The van der Waals surface area contributed by atoms with Crippen molar-refractivity contribution in [3.63, 3.8) is 0 Å². The highest BCUT2D eigenvalue weighted by Crippen LogP contribution is 2.25. The zero-order valence-corrected chi connectivity index (χ0v) is 12.5. The van der Waals surface area contributed by atoms with Gasteiger partial charge in [0.05, 0.1) is 16.3 Å². The highest BCUT2D eigenvalue weighted by molar-refractivity contribution is 7.90. The van der Waals surface area contributed by atoms with Gasteiger partial charge in [-0.05, 0) is 23.6 Å². The standard InChI is InChI=1S/C17H13NO3S/c19-11-14-7-4-8-15(18-14)12-22(20,21)17-10-3-6-13-5-1-2-9-16(13)17/h1-11H,12H2. The van der Waals surface area contributed by atoms with Crippen LogP contribution in [0.2, 0.25) is 0 Å². The van der Waals surface area contributed by atoms with Crippen LogP contribution in [0.25, 0.3) is 10.8 Å². The molecule has 0 radical (unpaired) electrons. The number of carbonyl (C=O) groups excluding carboxylic acids is 1. The molecule has 2 aromatic carbocycles. The molecule has 4 nitrogen and oxygen atoms in total. The minimum absolute atomic E-state index is 0.227. The molecule has 0 saturated heterocycles. The number of carbonyl (C=O) groups is 1. The molecule has 0 spiro atoms. The average molecular weight is 311 g/mol. The Labute approximate surface area is 128 Å². The van der Waals surface area contributed by atoms with Crippen LogP contribution in [0.3, 0.4) is 0 Å². The Morgan fingerprint density at radius 3 is 2.45 bits per heavy atom. The van der Waals surface area contributed by atoms with Crippen LogP contribution >= 0.6 is 0 Å². The molecule has 1 aromatic heterocycles. The first-order valence-corrected chi connectivity index (χ1v) is 8.37. The van der Waals surface area contributed by atoms with E-state index in [0.29, 0.717) is 17.4 Å². The number of benzene rings is 2. The molecule has 22 heavy (non-hydrogen) atoms. The van der Waals surface area contributed by atoms with Gasteiger partial charge in [-0.3, -0.25) is 4.79 Å². The Bertz CT molecular complexity index is 944. The summed E-state index contributed by atoms with van der Waals surface area (Å²) < 4.78 is 25.4. The topological polar surface area (TPSA) is 64.1 Å². The van der Waals surface area contributed by atoms with Gasteiger partial charge in [-0.25, -0.2) is 13.4 Å². The fraction of sp³-hybridized carbons (Fsp3) is 0.0588. The maximum atomic E-state index is 12.7. The number of hydrogen-bond acceptors (Lipinski definition) is 4. The zero-order valence-electron chi connectivity index (χ0n) is 11.6. The molecule has 0 bridgehead atoms. The zero-order chi connectivity index (χ0) is 15.6. The number of aldehydes is 1. The van der Waals surface area contributed by atoms with E-state index >= 15 is 0 Å². The van der Waals surface area contributed by atoms with E-state index in [4.69, 9.17) is 0 Å². The predicted molar refractivity (Wildman–Crippen MR) is 84.5 cm³/mol. The molecule has 0 atom stereocenters. The van der Waals surface area contributed by atoms with Crippen molar-refractivity contribution in [1.29, 1.82) is 0 Å². The molecule has 0 N–H and O–H groups in total. The van der Waals surface area contributed by atoms with E-state index in [1.54, 1.807) is 36.4 Å². The number of hydrogen-bond donors (Lipinski definition) is 0. The van der Waals surface area contributed by atoms with Crippen LogP contribution in [0, 0.1) is 0 Å². The monoisotopic (exact) mass is 311 g/mol. The van der Waals surface area contributed by atoms with Crippen molar-refractivity contribution in [3.05, 3.63) is 72.1 Å². The lowest BCUT2D eigenvalue weighted by molar-refractivity contribution is 0.111. The Kier molecular flexibility index (Phi) is 3.73. The Morgan fingerprint density at radius 1 is 0.909 bits per heavy atom. The van der Waals surface area contributed by atoms with Crippen LogP contribution in [-0.2, 0) is 15.6 Å². The third kappa shape index (κ3) is 2.76. The number of sulfone groups is 1. The van der Waals surface area contributed by atoms with Crippen molar-refractivity contribution >= 4 is 26.9 Å². The van der Waals surface area contributed by atoms with Crippen LogP contribution in [-0.4, -0.2) is 19.7 Å². The molecule has 0 aliphatic rings. The molecule has 1 heterocycles. The van der Waals surface area contributed by atoms with Crippen LogP contribution in [0.15, 0.2) is 65.6 Å². The SMILES string of the molecule is O=Cc1cccc(CS(=O)(=O)c2cccc3ccccc23)n1. The molecule has 0 fully saturated rings. The van der Waals surface area contributed by atoms with Crippen molar-refractivity contribution in [3.8, 4) is 0 Å². The lowest BCUT2D eigenvalue weighted by Gasteiger charge is -2.08. The van der Waals surface area contributed by atoms with Gasteiger partial charge in [0, 0.05) is 5.39 Å². The van der Waals surface area contributed by atoms with Crippen molar-refractivity contribution in [2.24, 2.45) is 0 Å². The first-order chi connectivity index (χ1) is 10.6. The summed E-state index contributed by atoms with van der Waals surface area (Å²) in [6, 6.07) is 17.3.